The Morgan fingerprint density at radius 3 is 2.83 bits per heavy atom. The van der Waals surface area contributed by atoms with Crippen LogP contribution >= 0.6 is 15.9 Å². The first-order valence-electron chi connectivity index (χ1n) is 5.89. The summed E-state index contributed by atoms with van der Waals surface area (Å²) in [6.07, 6.45) is 0. The molecule has 1 aromatic heterocycles. The van der Waals surface area contributed by atoms with E-state index in [9.17, 15) is 0 Å². The predicted molar refractivity (Wildman–Crippen MR) is 74.1 cm³/mol. The van der Waals surface area contributed by atoms with Gasteiger partial charge in [-0.1, -0.05) is 41.0 Å². The molecule has 0 amide bonds. The van der Waals surface area contributed by atoms with Gasteiger partial charge in [-0.2, -0.15) is 4.98 Å². The van der Waals surface area contributed by atoms with Gasteiger partial charge in [0.15, 0.2) is 5.82 Å². The molecule has 1 aromatic carbocycles. The van der Waals surface area contributed by atoms with E-state index in [2.05, 4.69) is 45.2 Å². The second-order valence-electron chi connectivity index (χ2n) is 4.52. The molecule has 0 radical (unpaired) electrons. The average Bonchev–Trinajstić information content (AvgIpc) is 2.79. The van der Waals surface area contributed by atoms with Crippen LogP contribution in [-0.2, 0) is 6.54 Å². The number of hydrogen-bond donors (Lipinski definition) is 1. The predicted octanol–water partition coefficient (Wildman–Crippen LogP) is 3.31. The van der Waals surface area contributed by atoms with Crippen LogP contribution in [0.3, 0.4) is 0 Å². The minimum Gasteiger partial charge on any atom is -0.334 e. The fraction of sp³-hybridized carbons (Fsp3) is 0.385. The number of nitrogens with one attached hydrogen (secondary N) is 1. The highest BCUT2D eigenvalue weighted by Crippen LogP contribution is 2.24. The Morgan fingerprint density at radius 2 is 2.17 bits per heavy atom. The lowest BCUT2D eigenvalue weighted by Crippen LogP contribution is -2.22. The van der Waals surface area contributed by atoms with Gasteiger partial charge in [0, 0.05) is 16.1 Å². The molecule has 0 saturated carbocycles. The van der Waals surface area contributed by atoms with Crippen molar-refractivity contribution in [2.75, 3.05) is 0 Å². The summed E-state index contributed by atoms with van der Waals surface area (Å²) in [5.41, 5.74) is 2.11. The molecule has 0 bridgehead atoms. The molecule has 2 rings (SSSR count). The Balaban J connectivity index is 2.16. The van der Waals surface area contributed by atoms with Gasteiger partial charge in [0.2, 0.25) is 0 Å². The molecule has 0 aliphatic heterocycles. The van der Waals surface area contributed by atoms with Crippen LogP contribution in [0.4, 0.5) is 0 Å². The Morgan fingerprint density at radius 1 is 1.39 bits per heavy atom. The van der Waals surface area contributed by atoms with E-state index >= 15 is 0 Å². The van der Waals surface area contributed by atoms with Gasteiger partial charge in [-0.25, -0.2) is 0 Å². The number of hydrogen-bond acceptors (Lipinski definition) is 4. The smallest absolute Gasteiger partial charge is 0.258 e. The lowest BCUT2D eigenvalue weighted by molar-refractivity contribution is 0.417. The summed E-state index contributed by atoms with van der Waals surface area (Å²) < 4.78 is 6.30. The second-order valence-corrected chi connectivity index (χ2v) is 5.37. The normalized spacial score (nSPS) is 11.2. The number of halogens is 1. The zero-order chi connectivity index (χ0) is 13.1. The summed E-state index contributed by atoms with van der Waals surface area (Å²) in [5.74, 6) is 1.23. The quantitative estimate of drug-likeness (QED) is 0.941. The van der Waals surface area contributed by atoms with Crippen LogP contribution in [0.1, 0.15) is 25.2 Å². The zero-order valence-electron chi connectivity index (χ0n) is 10.7. The van der Waals surface area contributed by atoms with Gasteiger partial charge in [-0.05, 0) is 24.6 Å². The topological polar surface area (TPSA) is 51.0 Å². The summed E-state index contributed by atoms with van der Waals surface area (Å²) >= 11 is 3.50. The third kappa shape index (κ3) is 3.17. The molecule has 1 heterocycles. The standard InChI is InChI=1S/C13H16BrN3O/c1-8(2)15-7-12-16-13(18-17-12)10-5-4-9(3)11(14)6-10/h4-6,8,15H,7H2,1-3H3. The van der Waals surface area contributed by atoms with E-state index in [0.717, 1.165) is 10.0 Å². The molecule has 96 valence electrons. The summed E-state index contributed by atoms with van der Waals surface area (Å²) in [7, 11) is 0. The third-order valence-corrected chi connectivity index (χ3v) is 3.41. The Kier molecular flexibility index (Phi) is 4.14. The van der Waals surface area contributed by atoms with Crippen LogP contribution in [-0.4, -0.2) is 16.2 Å². The molecular formula is C13H16BrN3O. The van der Waals surface area contributed by atoms with Crippen molar-refractivity contribution >= 4 is 15.9 Å². The monoisotopic (exact) mass is 309 g/mol. The molecule has 0 aliphatic carbocycles. The molecule has 0 saturated heterocycles. The van der Waals surface area contributed by atoms with Crippen molar-refractivity contribution in [3.63, 3.8) is 0 Å². The molecular weight excluding hydrogens is 294 g/mol. The van der Waals surface area contributed by atoms with Gasteiger partial charge in [0.25, 0.3) is 5.89 Å². The lowest BCUT2D eigenvalue weighted by Gasteiger charge is -2.03. The first-order valence-corrected chi connectivity index (χ1v) is 6.68. The summed E-state index contributed by atoms with van der Waals surface area (Å²) in [6.45, 7) is 6.82. The van der Waals surface area contributed by atoms with Crippen molar-refractivity contribution in [2.45, 2.75) is 33.4 Å². The number of aromatic nitrogens is 2. The van der Waals surface area contributed by atoms with Gasteiger partial charge in [-0.15, -0.1) is 0 Å². The van der Waals surface area contributed by atoms with E-state index in [0.29, 0.717) is 24.3 Å². The van der Waals surface area contributed by atoms with E-state index in [1.165, 1.54) is 5.56 Å². The van der Waals surface area contributed by atoms with Crippen LogP contribution in [0.2, 0.25) is 0 Å². The van der Waals surface area contributed by atoms with Crippen LogP contribution in [0.5, 0.6) is 0 Å². The number of aryl methyl sites for hydroxylation is 1. The van der Waals surface area contributed by atoms with Crippen molar-refractivity contribution in [3.05, 3.63) is 34.1 Å². The average molecular weight is 310 g/mol. The maximum atomic E-state index is 5.26. The van der Waals surface area contributed by atoms with Gasteiger partial charge in [-0.3, -0.25) is 0 Å². The minimum absolute atomic E-state index is 0.403. The van der Waals surface area contributed by atoms with E-state index < -0.39 is 0 Å². The first kappa shape index (κ1) is 13.2. The van der Waals surface area contributed by atoms with Crippen molar-refractivity contribution in [1.82, 2.24) is 15.5 Å². The van der Waals surface area contributed by atoms with Crippen LogP contribution in [0.15, 0.2) is 27.2 Å². The van der Waals surface area contributed by atoms with Crippen molar-refractivity contribution in [3.8, 4) is 11.5 Å². The Hall–Kier alpha value is -1.20. The molecule has 0 fully saturated rings. The largest absolute Gasteiger partial charge is 0.334 e. The molecule has 4 nitrogen and oxygen atoms in total. The highest BCUT2D eigenvalue weighted by Gasteiger charge is 2.09. The van der Waals surface area contributed by atoms with Crippen LogP contribution < -0.4 is 5.32 Å². The molecule has 2 aromatic rings. The zero-order valence-corrected chi connectivity index (χ0v) is 12.3. The SMILES string of the molecule is Cc1ccc(-c2nc(CNC(C)C)no2)cc1Br. The van der Waals surface area contributed by atoms with Crippen molar-refractivity contribution in [1.29, 1.82) is 0 Å². The van der Waals surface area contributed by atoms with Gasteiger partial charge in [0.1, 0.15) is 0 Å². The van der Waals surface area contributed by atoms with Crippen molar-refractivity contribution < 1.29 is 4.52 Å². The molecule has 0 spiro atoms. The fourth-order valence-electron chi connectivity index (χ4n) is 1.46. The van der Waals surface area contributed by atoms with E-state index in [-0.39, 0.29) is 0 Å². The first-order chi connectivity index (χ1) is 8.56. The molecule has 0 atom stereocenters. The second kappa shape index (κ2) is 5.63. The molecule has 0 aliphatic rings. The Labute approximate surface area is 115 Å². The van der Waals surface area contributed by atoms with Gasteiger partial charge >= 0.3 is 0 Å². The highest BCUT2D eigenvalue weighted by molar-refractivity contribution is 9.10. The summed E-state index contributed by atoms with van der Waals surface area (Å²) in [4.78, 5) is 4.36. The fourth-order valence-corrected chi connectivity index (χ4v) is 1.84. The number of nitrogens with zero attached hydrogens (tertiary/aromatic N) is 2. The van der Waals surface area contributed by atoms with E-state index in [4.69, 9.17) is 4.52 Å². The molecule has 5 heteroatoms. The number of benzene rings is 1. The summed E-state index contributed by atoms with van der Waals surface area (Å²) in [6, 6.07) is 6.39. The van der Waals surface area contributed by atoms with Gasteiger partial charge < -0.3 is 9.84 Å². The van der Waals surface area contributed by atoms with E-state index in [1.807, 2.05) is 25.1 Å². The molecule has 1 N–H and O–H groups in total. The third-order valence-electron chi connectivity index (χ3n) is 2.56. The number of rotatable bonds is 4. The maximum Gasteiger partial charge on any atom is 0.258 e. The Bertz CT molecular complexity index is 537. The van der Waals surface area contributed by atoms with E-state index in [1.54, 1.807) is 0 Å². The maximum absolute atomic E-state index is 5.26. The summed E-state index contributed by atoms with van der Waals surface area (Å²) in [5, 5.41) is 7.21. The van der Waals surface area contributed by atoms with Gasteiger partial charge in [0.05, 0.1) is 6.54 Å². The van der Waals surface area contributed by atoms with Crippen LogP contribution in [0.25, 0.3) is 11.5 Å². The lowest BCUT2D eigenvalue weighted by atomic mass is 10.1. The van der Waals surface area contributed by atoms with Crippen LogP contribution in [0, 0.1) is 6.92 Å². The van der Waals surface area contributed by atoms with Crippen molar-refractivity contribution in [2.24, 2.45) is 0 Å². The molecule has 18 heavy (non-hydrogen) atoms. The highest BCUT2D eigenvalue weighted by atomic mass is 79.9. The minimum atomic E-state index is 0.403. The molecule has 0 unspecified atom stereocenters.